The van der Waals surface area contributed by atoms with Crippen LogP contribution in [0.4, 0.5) is 0 Å². The standard InChI is InChI=1S/C8H14N4O2S/c1-11-6-8(4-10-11)15(13,14)12-3-2-7(9)5-12/h4,6-7H,2-3,5,9H2,1H3/t7-/m1/s1. The first-order valence-electron chi connectivity index (χ1n) is 4.74. The number of nitrogens with zero attached hydrogens (tertiary/aromatic N) is 3. The Morgan fingerprint density at radius 1 is 1.60 bits per heavy atom. The lowest BCUT2D eigenvalue weighted by Gasteiger charge is -2.13. The van der Waals surface area contributed by atoms with Gasteiger partial charge in [-0.15, -0.1) is 0 Å². The van der Waals surface area contributed by atoms with E-state index in [0.717, 1.165) is 6.42 Å². The lowest BCUT2D eigenvalue weighted by Crippen LogP contribution is -2.31. The minimum atomic E-state index is -3.38. The summed E-state index contributed by atoms with van der Waals surface area (Å²) in [5.74, 6) is 0. The molecule has 1 aliphatic heterocycles. The zero-order chi connectivity index (χ0) is 11.1. The van der Waals surface area contributed by atoms with Crippen LogP contribution in [0.5, 0.6) is 0 Å². The molecule has 0 aliphatic carbocycles. The molecule has 0 saturated carbocycles. The Hall–Kier alpha value is -0.920. The summed E-state index contributed by atoms with van der Waals surface area (Å²) in [6.45, 7) is 0.898. The van der Waals surface area contributed by atoms with Gasteiger partial charge in [0.2, 0.25) is 10.0 Å². The number of sulfonamides is 1. The van der Waals surface area contributed by atoms with Gasteiger partial charge in [-0.1, -0.05) is 0 Å². The van der Waals surface area contributed by atoms with Crippen molar-refractivity contribution in [2.24, 2.45) is 12.8 Å². The van der Waals surface area contributed by atoms with Gasteiger partial charge in [-0.3, -0.25) is 4.68 Å². The highest BCUT2D eigenvalue weighted by atomic mass is 32.2. The predicted molar refractivity (Wildman–Crippen MR) is 54.6 cm³/mol. The van der Waals surface area contributed by atoms with E-state index < -0.39 is 10.0 Å². The number of aromatic nitrogens is 2. The predicted octanol–water partition coefficient (Wildman–Crippen LogP) is -0.858. The van der Waals surface area contributed by atoms with Gasteiger partial charge in [0.1, 0.15) is 4.90 Å². The van der Waals surface area contributed by atoms with Crippen molar-refractivity contribution in [2.45, 2.75) is 17.4 Å². The van der Waals surface area contributed by atoms with E-state index in [1.807, 2.05) is 0 Å². The molecule has 2 N–H and O–H groups in total. The summed E-state index contributed by atoms with van der Waals surface area (Å²) in [6.07, 6.45) is 3.58. The van der Waals surface area contributed by atoms with Crippen molar-refractivity contribution in [2.75, 3.05) is 13.1 Å². The van der Waals surface area contributed by atoms with E-state index in [-0.39, 0.29) is 10.9 Å². The van der Waals surface area contributed by atoms with E-state index in [2.05, 4.69) is 5.10 Å². The SMILES string of the molecule is Cn1cc(S(=O)(=O)N2CC[C@@H](N)C2)cn1. The summed E-state index contributed by atoms with van der Waals surface area (Å²) in [5.41, 5.74) is 5.68. The van der Waals surface area contributed by atoms with Crippen molar-refractivity contribution >= 4 is 10.0 Å². The summed E-state index contributed by atoms with van der Waals surface area (Å²) in [6, 6.07) is -0.0450. The molecule has 1 atom stereocenters. The van der Waals surface area contributed by atoms with Gasteiger partial charge in [0.25, 0.3) is 0 Å². The highest BCUT2D eigenvalue weighted by molar-refractivity contribution is 7.89. The Morgan fingerprint density at radius 2 is 2.33 bits per heavy atom. The molecule has 0 spiro atoms. The molecule has 6 nitrogen and oxygen atoms in total. The Balaban J connectivity index is 2.27. The molecule has 7 heteroatoms. The van der Waals surface area contributed by atoms with Gasteiger partial charge in [0.05, 0.1) is 6.20 Å². The van der Waals surface area contributed by atoms with E-state index in [1.54, 1.807) is 7.05 Å². The monoisotopic (exact) mass is 230 g/mol. The fourth-order valence-electron chi connectivity index (χ4n) is 1.65. The molecule has 2 heterocycles. The maximum atomic E-state index is 12.0. The Labute approximate surface area is 88.7 Å². The Morgan fingerprint density at radius 3 is 2.80 bits per heavy atom. The highest BCUT2D eigenvalue weighted by Crippen LogP contribution is 2.19. The molecule has 1 aromatic heterocycles. The number of hydrogen-bond acceptors (Lipinski definition) is 4. The van der Waals surface area contributed by atoms with Gasteiger partial charge >= 0.3 is 0 Å². The molecule has 1 aliphatic rings. The first-order chi connectivity index (χ1) is 7.00. The second kappa shape index (κ2) is 3.58. The van der Waals surface area contributed by atoms with Crippen LogP contribution >= 0.6 is 0 Å². The molecule has 0 aromatic carbocycles. The Kier molecular flexibility index (Phi) is 2.53. The van der Waals surface area contributed by atoms with Crippen molar-refractivity contribution in [3.63, 3.8) is 0 Å². The molecule has 0 bridgehead atoms. The van der Waals surface area contributed by atoms with Crippen LogP contribution in [0.2, 0.25) is 0 Å². The zero-order valence-electron chi connectivity index (χ0n) is 8.50. The Bertz CT molecular complexity index is 453. The van der Waals surface area contributed by atoms with E-state index in [9.17, 15) is 8.42 Å². The average Bonchev–Trinajstić information content (AvgIpc) is 2.74. The summed E-state index contributed by atoms with van der Waals surface area (Å²) < 4.78 is 26.9. The second-order valence-corrected chi connectivity index (χ2v) is 5.70. The summed E-state index contributed by atoms with van der Waals surface area (Å²) in [5, 5.41) is 3.85. The van der Waals surface area contributed by atoms with Crippen molar-refractivity contribution < 1.29 is 8.42 Å². The molecule has 0 radical (unpaired) electrons. The van der Waals surface area contributed by atoms with Crippen LogP contribution in [0.1, 0.15) is 6.42 Å². The number of rotatable bonds is 2. The maximum absolute atomic E-state index is 12.0. The molecule has 0 unspecified atom stereocenters. The molecule has 15 heavy (non-hydrogen) atoms. The molecule has 84 valence electrons. The van der Waals surface area contributed by atoms with Crippen LogP contribution in [0, 0.1) is 0 Å². The number of aryl methyl sites for hydroxylation is 1. The van der Waals surface area contributed by atoms with Crippen molar-refractivity contribution in [1.29, 1.82) is 0 Å². The van der Waals surface area contributed by atoms with Gasteiger partial charge in [-0.05, 0) is 6.42 Å². The molecule has 1 fully saturated rings. The summed E-state index contributed by atoms with van der Waals surface area (Å²) in [4.78, 5) is 0.235. The first-order valence-corrected chi connectivity index (χ1v) is 6.18. The normalized spacial score (nSPS) is 23.5. The smallest absolute Gasteiger partial charge is 0.246 e. The zero-order valence-corrected chi connectivity index (χ0v) is 9.31. The molecule has 1 aromatic rings. The third-order valence-electron chi connectivity index (χ3n) is 2.51. The lowest BCUT2D eigenvalue weighted by molar-refractivity contribution is 0.472. The molecule has 0 amide bonds. The third-order valence-corrected chi connectivity index (χ3v) is 4.32. The maximum Gasteiger partial charge on any atom is 0.246 e. The van der Waals surface area contributed by atoms with Crippen LogP contribution in [0.25, 0.3) is 0 Å². The van der Waals surface area contributed by atoms with Crippen molar-refractivity contribution in [3.8, 4) is 0 Å². The lowest BCUT2D eigenvalue weighted by atomic mass is 10.3. The largest absolute Gasteiger partial charge is 0.326 e. The van der Waals surface area contributed by atoms with Crippen molar-refractivity contribution in [3.05, 3.63) is 12.4 Å². The fourth-order valence-corrected chi connectivity index (χ4v) is 3.15. The van der Waals surface area contributed by atoms with Crippen LogP contribution in [0.3, 0.4) is 0 Å². The van der Waals surface area contributed by atoms with Gasteiger partial charge in [-0.2, -0.15) is 9.40 Å². The highest BCUT2D eigenvalue weighted by Gasteiger charge is 2.31. The molecular formula is C8H14N4O2S. The van der Waals surface area contributed by atoms with Crippen LogP contribution in [-0.4, -0.2) is 41.6 Å². The van der Waals surface area contributed by atoms with Crippen LogP contribution < -0.4 is 5.73 Å². The number of hydrogen-bond donors (Lipinski definition) is 1. The van der Waals surface area contributed by atoms with E-state index >= 15 is 0 Å². The molecular weight excluding hydrogens is 216 g/mol. The minimum Gasteiger partial charge on any atom is -0.326 e. The summed E-state index contributed by atoms with van der Waals surface area (Å²) >= 11 is 0. The van der Waals surface area contributed by atoms with Crippen LogP contribution in [0.15, 0.2) is 17.3 Å². The quantitative estimate of drug-likeness (QED) is 0.717. The van der Waals surface area contributed by atoms with Gasteiger partial charge < -0.3 is 5.73 Å². The summed E-state index contributed by atoms with van der Waals surface area (Å²) in [7, 11) is -1.69. The third kappa shape index (κ3) is 1.90. The molecule has 2 rings (SSSR count). The topological polar surface area (TPSA) is 81.2 Å². The van der Waals surface area contributed by atoms with Gasteiger partial charge in [0.15, 0.2) is 0 Å². The van der Waals surface area contributed by atoms with E-state index in [4.69, 9.17) is 5.73 Å². The van der Waals surface area contributed by atoms with E-state index in [0.29, 0.717) is 13.1 Å². The first kappa shape index (κ1) is 10.6. The van der Waals surface area contributed by atoms with Crippen molar-refractivity contribution in [1.82, 2.24) is 14.1 Å². The minimum absolute atomic E-state index is 0.0450. The van der Waals surface area contributed by atoms with Gasteiger partial charge in [0, 0.05) is 32.4 Å². The fraction of sp³-hybridized carbons (Fsp3) is 0.625. The second-order valence-electron chi connectivity index (χ2n) is 3.76. The molecule has 1 saturated heterocycles. The average molecular weight is 230 g/mol. The van der Waals surface area contributed by atoms with Crippen LogP contribution in [-0.2, 0) is 17.1 Å². The number of nitrogens with two attached hydrogens (primary N) is 1. The van der Waals surface area contributed by atoms with E-state index in [1.165, 1.54) is 21.4 Å². The van der Waals surface area contributed by atoms with Gasteiger partial charge in [-0.25, -0.2) is 8.42 Å².